The molecule has 0 fully saturated rings. The van der Waals surface area contributed by atoms with Crippen LogP contribution in [0.1, 0.15) is 174 Å². The van der Waals surface area contributed by atoms with Crippen molar-refractivity contribution in [2.75, 3.05) is 19.8 Å². The molecule has 0 rings (SSSR count). The fourth-order valence-electron chi connectivity index (χ4n) is 5.12. The lowest BCUT2D eigenvalue weighted by Gasteiger charge is -2.20. The minimum absolute atomic E-state index is 0.168. The van der Waals surface area contributed by atoms with Gasteiger partial charge < -0.3 is 25.2 Å². The SMILES string of the molecule is CCCCCCCCCCCCCCC(=O)OC(COC(=O)CCCCCCCCCCCCC)COP(=O)(O)OCC(N)C(=O)O. The van der Waals surface area contributed by atoms with E-state index >= 15 is 0 Å². The van der Waals surface area contributed by atoms with Crippen molar-refractivity contribution in [1.82, 2.24) is 0 Å². The van der Waals surface area contributed by atoms with E-state index in [1.807, 2.05) is 0 Å². The second-order valence-corrected chi connectivity index (χ2v) is 14.2. The first-order chi connectivity index (χ1) is 22.6. The number of carbonyl (C=O) groups is 3. The summed E-state index contributed by atoms with van der Waals surface area (Å²) in [7, 11) is -4.70. The van der Waals surface area contributed by atoms with Gasteiger partial charge in [-0.1, -0.05) is 149 Å². The highest BCUT2D eigenvalue weighted by atomic mass is 31.2. The Morgan fingerprint density at radius 2 is 0.936 bits per heavy atom. The van der Waals surface area contributed by atoms with Crippen molar-refractivity contribution in [3.05, 3.63) is 0 Å². The van der Waals surface area contributed by atoms with Gasteiger partial charge in [0.25, 0.3) is 0 Å². The first-order valence-corrected chi connectivity index (χ1v) is 20.1. The van der Waals surface area contributed by atoms with Crippen LogP contribution in [0.2, 0.25) is 0 Å². The molecule has 12 heteroatoms. The van der Waals surface area contributed by atoms with Gasteiger partial charge in [0.05, 0.1) is 13.2 Å². The molecular formula is C35H68NO10P. The van der Waals surface area contributed by atoms with E-state index in [4.69, 9.17) is 24.8 Å². The minimum atomic E-state index is -4.70. The smallest absolute Gasteiger partial charge is 0.472 e. The Morgan fingerprint density at radius 1 is 0.574 bits per heavy atom. The van der Waals surface area contributed by atoms with Crippen molar-refractivity contribution in [2.45, 2.75) is 187 Å². The number of aliphatic carboxylic acids is 1. The average molecular weight is 694 g/mol. The number of carboxylic acids is 1. The zero-order valence-corrected chi connectivity index (χ0v) is 30.5. The molecule has 0 saturated heterocycles. The highest BCUT2D eigenvalue weighted by Gasteiger charge is 2.28. The summed E-state index contributed by atoms with van der Waals surface area (Å²) in [6, 6.07) is -1.51. The molecule has 0 aromatic heterocycles. The molecule has 0 spiro atoms. The van der Waals surface area contributed by atoms with Gasteiger partial charge in [-0.15, -0.1) is 0 Å². The molecule has 0 aromatic rings. The molecule has 0 bridgehead atoms. The van der Waals surface area contributed by atoms with E-state index in [9.17, 15) is 23.8 Å². The lowest BCUT2D eigenvalue weighted by molar-refractivity contribution is -0.161. The van der Waals surface area contributed by atoms with Gasteiger partial charge in [-0.3, -0.25) is 23.4 Å². The van der Waals surface area contributed by atoms with Crippen molar-refractivity contribution in [3.8, 4) is 0 Å². The Kier molecular flexibility index (Phi) is 30.7. The minimum Gasteiger partial charge on any atom is -0.480 e. The molecule has 11 nitrogen and oxygen atoms in total. The molecule has 0 aromatic carbocycles. The van der Waals surface area contributed by atoms with Crippen LogP contribution < -0.4 is 5.73 Å². The standard InChI is InChI=1S/C35H68NO10P/c1-3-5-7-9-11-13-15-17-19-21-23-25-27-34(38)46-31(29-44-47(41,42)45-30-32(36)35(39)40)28-43-33(37)26-24-22-20-18-16-14-12-10-8-6-4-2/h31-32H,3-30,36H2,1-2H3,(H,39,40)(H,41,42). The predicted octanol–water partition coefficient (Wildman–Crippen LogP) is 8.78. The van der Waals surface area contributed by atoms with E-state index in [1.165, 1.54) is 96.3 Å². The van der Waals surface area contributed by atoms with Crippen LogP contribution in [-0.2, 0) is 37.5 Å². The van der Waals surface area contributed by atoms with Crippen LogP contribution >= 0.6 is 7.82 Å². The fraction of sp³-hybridized carbons (Fsp3) is 0.914. The van der Waals surface area contributed by atoms with Gasteiger partial charge in [0, 0.05) is 12.8 Å². The van der Waals surface area contributed by atoms with Crippen molar-refractivity contribution in [1.29, 1.82) is 0 Å². The van der Waals surface area contributed by atoms with Gasteiger partial charge in [0.15, 0.2) is 6.10 Å². The topological polar surface area (TPSA) is 172 Å². The highest BCUT2D eigenvalue weighted by Crippen LogP contribution is 2.43. The summed E-state index contributed by atoms with van der Waals surface area (Å²) >= 11 is 0. The normalized spacial score (nSPS) is 14.0. The largest absolute Gasteiger partial charge is 0.480 e. The molecule has 3 unspecified atom stereocenters. The third-order valence-corrected chi connectivity index (χ3v) is 9.06. The van der Waals surface area contributed by atoms with E-state index in [2.05, 4.69) is 18.4 Å². The monoisotopic (exact) mass is 693 g/mol. The molecular weight excluding hydrogens is 625 g/mol. The number of carboxylic acid groups (broad SMARTS) is 1. The van der Waals surface area contributed by atoms with Crippen LogP contribution in [0, 0.1) is 0 Å². The van der Waals surface area contributed by atoms with Crippen LogP contribution in [0.5, 0.6) is 0 Å². The second kappa shape index (κ2) is 31.7. The van der Waals surface area contributed by atoms with Gasteiger partial charge in [0.2, 0.25) is 0 Å². The number of ether oxygens (including phenoxy) is 2. The molecule has 0 aliphatic carbocycles. The number of phosphoric ester groups is 1. The first kappa shape index (κ1) is 45.5. The molecule has 0 amide bonds. The molecule has 0 aliphatic rings. The highest BCUT2D eigenvalue weighted by molar-refractivity contribution is 7.47. The Morgan fingerprint density at radius 3 is 1.34 bits per heavy atom. The predicted molar refractivity (Wildman–Crippen MR) is 185 cm³/mol. The van der Waals surface area contributed by atoms with E-state index in [0.717, 1.165) is 38.5 Å². The second-order valence-electron chi connectivity index (χ2n) is 12.7. The summed E-state index contributed by atoms with van der Waals surface area (Å²) in [5.74, 6) is -2.37. The molecule has 47 heavy (non-hydrogen) atoms. The number of hydrogen-bond acceptors (Lipinski definition) is 9. The Balaban J connectivity index is 4.44. The van der Waals surface area contributed by atoms with Crippen LogP contribution in [0.15, 0.2) is 0 Å². The van der Waals surface area contributed by atoms with Crippen molar-refractivity contribution >= 4 is 25.7 Å². The van der Waals surface area contributed by atoms with Crippen LogP contribution in [0.25, 0.3) is 0 Å². The van der Waals surface area contributed by atoms with Crippen molar-refractivity contribution in [3.63, 3.8) is 0 Å². The van der Waals surface area contributed by atoms with Crippen LogP contribution in [-0.4, -0.2) is 59.9 Å². The number of hydrogen-bond donors (Lipinski definition) is 3. The molecule has 3 atom stereocenters. The average Bonchev–Trinajstić information content (AvgIpc) is 3.04. The summed E-state index contributed by atoms with van der Waals surface area (Å²) in [5.41, 5.74) is 5.31. The van der Waals surface area contributed by atoms with Gasteiger partial charge in [-0.2, -0.15) is 0 Å². The molecule has 4 N–H and O–H groups in total. The zero-order valence-electron chi connectivity index (χ0n) is 29.6. The number of phosphoric acid groups is 1. The van der Waals surface area contributed by atoms with Gasteiger partial charge in [-0.25, -0.2) is 4.57 Å². The molecule has 0 saturated carbocycles. The molecule has 0 heterocycles. The van der Waals surface area contributed by atoms with E-state index in [1.54, 1.807) is 0 Å². The summed E-state index contributed by atoms with van der Waals surface area (Å²) in [6.45, 7) is 2.78. The Bertz CT molecular complexity index is 828. The molecule has 0 aliphatic heterocycles. The zero-order chi connectivity index (χ0) is 35.0. The first-order valence-electron chi connectivity index (χ1n) is 18.6. The third kappa shape index (κ3) is 31.5. The quantitative estimate of drug-likeness (QED) is 0.0329. The van der Waals surface area contributed by atoms with E-state index < -0.39 is 51.1 Å². The summed E-state index contributed by atoms with van der Waals surface area (Å²) in [5, 5.41) is 8.84. The number of rotatable bonds is 35. The number of carbonyl (C=O) groups excluding carboxylic acids is 2. The maximum absolute atomic E-state index is 12.5. The fourth-order valence-corrected chi connectivity index (χ4v) is 5.90. The number of nitrogens with two attached hydrogens (primary N) is 1. The van der Waals surface area contributed by atoms with E-state index in [-0.39, 0.29) is 19.4 Å². The van der Waals surface area contributed by atoms with E-state index in [0.29, 0.717) is 12.8 Å². The Labute approximate surface area is 285 Å². The van der Waals surface area contributed by atoms with Gasteiger partial charge in [-0.05, 0) is 12.8 Å². The maximum Gasteiger partial charge on any atom is 0.472 e. The maximum atomic E-state index is 12.5. The lowest BCUT2D eigenvalue weighted by Crippen LogP contribution is -2.34. The summed E-state index contributed by atoms with van der Waals surface area (Å²) in [4.78, 5) is 45.6. The molecule has 0 radical (unpaired) electrons. The lowest BCUT2D eigenvalue weighted by atomic mass is 10.0. The summed E-state index contributed by atoms with van der Waals surface area (Å²) < 4.78 is 32.5. The van der Waals surface area contributed by atoms with Crippen LogP contribution in [0.4, 0.5) is 0 Å². The third-order valence-electron chi connectivity index (χ3n) is 8.11. The van der Waals surface area contributed by atoms with Crippen molar-refractivity contribution in [2.24, 2.45) is 5.73 Å². The molecule has 278 valence electrons. The summed E-state index contributed by atoms with van der Waals surface area (Å²) in [6.07, 6.45) is 26.0. The van der Waals surface area contributed by atoms with Gasteiger partial charge in [0.1, 0.15) is 12.6 Å². The van der Waals surface area contributed by atoms with Crippen LogP contribution in [0.3, 0.4) is 0 Å². The van der Waals surface area contributed by atoms with Crippen molar-refractivity contribution < 1.29 is 47.5 Å². The number of unbranched alkanes of at least 4 members (excludes halogenated alkanes) is 21. The Hall–Kier alpha value is -1.52. The van der Waals surface area contributed by atoms with Gasteiger partial charge >= 0.3 is 25.7 Å². The number of esters is 2.